The predicted molar refractivity (Wildman–Crippen MR) is 72.9 cm³/mol. The number of rotatable bonds is 5. The molecule has 0 saturated carbocycles. The summed E-state index contributed by atoms with van der Waals surface area (Å²) in [5.74, 6) is 0.189. The molecule has 0 aliphatic carbocycles. The normalized spacial score (nSPS) is 11.9. The van der Waals surface area contributed by atoms with Crippen LogP contribution in [-0.4, -0.2) is 27.7 Å². The van der Waals surface area contributed by atoms with Crippen LogP contribution in [0.5, 0.6) is 0 Å². The Kier molecular flexibility index (Phi) is 3.99. The molecule has 0 atom stereocenters. The lowest BCUT2D eigenvalue weighted by Crippen LogP contribution is -2.16. The molecule has 0 radical (unpaired) electrons. The molecule has 0 unspecified atom stereocenters. The Morgan fingerprint density at radius 1 is 1.50 bits per heavy atom. The van der Waals surface area contributed by atoms with Crippen LogP contribution in [0.4, 0.5) is 20.5 Å². The maximum Gasteiger partial charge on any atom is 0.312 e. The monoisotopic (exact) mass is 301 g/mol. The third kappa shape index (κ3) is 2.94. The van der Waals surface area contributed by atoms with Crippen molar-refractivity contribution in [2.45, 2.75) is 6.55 Å². The number of aromatic nitrogens is 3. The smallest absolute Gasteiger partial charge is 0.312 e. The highest BCUT2D eigenvalue weighted by Crippen LogP contribution is 2.26. The number of hydrogen-bond acceptors (Lipinski definition) is 6. The van der Waals surface area contributed by atoms with E-state index in [0.717, 1.165) is 12.4 Å². The van der Waals surface area contributed by atoms with Crippen molar-refractivity contribution in [2.75, 3.05) is 11.1 Å². The molecule has 2 aromatic rings. The minimum absolute atomic E-state index is 0.0432. The van der Waals surface area contributed by atoms with Crippen LogP contribution in [0.3, 0.4) is 0 Å². The number of nitrogens with zero attached hydrogens (tertiary/aromatic N) is 2. The van der Waals surface area contributed by atoms with Crippen molar-refractivity contribution in [3.8, 4) is 0 Å². The van der Waals surface area contributed by atoms with Crippen LogP contribution in [0, 0.1) is 5.41 Å². The number of nitrogens with two attached hydrogens (primary N) is 1. The summed E-state index contributed by atoms with van der Waals surface area (Å²) in [5.41, 5.74) is 6.18. The molecule has 2 heterocycles. The van der Waals surface area contributed by atoms with Gasteiger partial charge in [-0.05, 0) is 0 Å². The molecule has 0 aliphatic heterocycles. The Bertz CT molecular complexity index is 667. The van der Waals surface area contributed by atoms with Crippen molar-refractivity contribution >= 4 is 40.6 Å². The molecule has 106 valence electrons. The number of nitrogen functional groups attached to an aromatic ring is 1. The van der Waals surface area contributed by atoms with Crippen LogP contribution in [0.2, 0.25) is 5.02 Å². The average Bonchev–Trinajstić information content (AvgIpc) is 2.76. The van der Waals surface area contributed by atoms with E-state index >= 15 is 0 Å². The molecule has 0 saturated heterocycles. The zero-order valence-corrected chi connectivity index (χ0v) is 10.7. The lowest BCUT2D eigenvalue weighted by molar-refractivity contribution is 0.125. The molecule has 7 nitrogen and oxygen atoms in total. The number of halogens is 3. The molecule has 0 aliphatic rings. The molecule has 0 aromatic carbocycles. The van der Waals surface area contributed by atoms with Crippen molar-refractivity contribution in [1.29, 1.82) is 5.41 Å². The van der Waals surface area contributed by atoms with Crippen molar-refractivity contribution in [2.24, 2.45) is 0 Å². The van der Waals surface area contributed by atoms with E-state index in [2.05, 4.69) is 20.3 Å². The van der Waals surface area contributed by atoms with Gasteiger partial charge in [0.05, 0.1) is 16.1 Å². The Morgan fingerprint density at radius 3 is 2.90 bits per heavy atom. The number of allylic oxidation sites excluding steroid dienone is 1. The molecule has 10 heteroatoms. The van der Waals surface area contributed by atoms with Gasteiger partial charge < -0.3 is 26.8 Å². The number of H-pyrrole nitrogens is 1. The molecule has 0 spiro atoms. The van der Waals surface area contributed by atoms with E-state index in [1.807, 2.05) is 0 Å². The molecule has 0 fully saturated rings. The van der Waals surface area contributed by atoms with E-state index in [9.17, 15) is 8.78 Å². The number of hydrogen-bond donors (Lipinski definition) is 5. The second-order valence-corrected chi connectivity index (χ2v) is 4.04. The second kappa shape index (κ2) is 5.70. The molecule has 0 amide bonds. The summed E-state index contributed by atoms with van der Waals surface area (Å²) in [4.78, 5) is 10.8. The quantitative estimate of drug-likeness (QED) is 0.427. The van der Waals surface area contributed by atoms with E-state index in [1.54, 1.807) is 5.32 Å². The maximum atomic E-state index is 12.0. The van der Waals surface area contributed by atoms with Gasteiger partial charge in [0.1, 0.15) is 11.5 Å². The van der Waals surface area contributed by atoms with Gasteiger partial charge in [-0.15, -0.1) is 0 Å². The minimum Gasteiger partial charge on any atom is -0.383 e. The first-order valence-electron chi connectivity index (χ1n) is 5.33. The highest BCUT2D eigenvalue weighted by molar-refractivity contribution is 6.36. The van der Waals surface area contributed by atoms with Crippen molar-refractivity contribution in [3.63, 3.8) is 0 Å². The third-order valence-corrected chi connectivity index (χ3v) is 2.59. The fourth-order valence-electron chi connectivity index (χ4n) is 1.47. The fourth-order valence-corrected chi connectivity index (χ4v) is 1.71. The highest BCUT2D eigenvalue weighted by atomic mass is 35.5. The van der Waals surface area contributed by atoms with E-state index in [4.69, 9.17) is 22.7 Å². The largest absolute Gasteiger partial charge is 0.383 e. The SMILES string of the molecule is N=C/C(=C\NC(F)F)Nc1nc(N)c2c(Cl)c[nH]c2n1. The first-order chi connectivity index (χ1) is 9.51. The van der Waals surface area contributed by atoms with Crippen LogP contribution in [-0.2, 0) is 0 Å². The number of aromatic amines is 1. The maximum absolute atomic E-state index is 12.0. The first kappa shape index (κ1) is 14.0. The van der Waals surface area contributed by atoms with E-state index in [-0.39, 0.29) is 17.5 Å². The van der Waals surface area contributed by atoms with Crippen molar-refractivity contribution in [3.05, 3.63) is 23.1 Å². The van der Waals surface area contributed by atoms with Gasteiger partial charge in [-0.25, -0.2) is 0 Å². The average molecular weight is 302 g/mol. The van der Waals surface area contributed by atoms with Gasteiger partial charge >= 0.3 is 6.55 Å². The van der Waals surface area contributed by atoms with Gasteiger partial charge in [-0.2, -0.15) is 18.7 Å². The standard InChI is InChI=1S/C10H10ClF2N7/c11-5-3-16-8-6(5)7(15)19-10(20-8)18-4(1-14)2-17-9(12)13/h1-3,9,14,17H,(H4,15,16,18,19,20)/b4-2+,14-1?. The Morgan fingerprint density at radius 2 is 2.25 bits per heavy atom. The molecule has 0 bridgehead atoms. The Hall–Kier alpha value is -2.42. The van der Waals surface area contributed by atoms with E-state index in [1.165, 1.54) is 6.20 Å². The molecular formula is C10H10ClF2N7. The summed E-state index contributed by atoms with van der Waals surface area (Å²) in [6, 6.07) is 0. The number of alkyl halides is 2. The molecular weight excluding hydrogens is 292 g/mol. The van der Waals surface area contributed by atoms with Gasteiger partial charge in [0.15, 0.2) is 0 Å². The summed E-state index contributed by atoms with van der Waals surface area (Å²) in [5, 5.41) is 12.3. The van der Waals surface area contributed by atoms with Gasteiger partial charge in [0.25, 0.3) is 0 Å². The van der Waals surface area contributed by atoms with Crippen LogP contribution in [0.25, 0.3) is 11.0 Å². The molecule has 6 N–H and O–H groups in total. The summed E-state index contributed by atoms with van der Waals surface area (Å²) in [7, 11) is 0. The zero-order chi connectivity index (χ0) is 14.7. The second-order valence-electron chi connectivity index (χ2n) is 3.63. The highest BCUT2D eigenvalue weighted by Gasteiger charge is 2.10. The van der Waals surface area contributed by atoms with Crippen molar-refractivity contribution in [1.82, 2.24) is 20.3 Å². The van der Waals surface area contributed by atoms with E-state index < -0.39 is 6.55 Å². The topological polar surface area (TPSA) is 116 Å². The van der Waals surface area contributed by atoms with Gasteiger partial charge in [0, 0.05) is 18.6 Å². The van der Waals surface area contributed by atoms with Crippen LogP contribution < -0.4 is 16.4 Å². The van der Waals surface area contributed by atoms with Crippen LogP contribution in [0.15, 0.2) is 18.1 Å². The summed E-state index contributed by atoms with van der Waals surface area (Å²) in [6.45, 7) is -2.73. The van der Waals surface area contributed by atoms with Gasteiger partial charge in [-0.3, -0.25) is 0 Å². The van der Waals surface area contributed by atoms with Gasteiger partial charge in [-0.1, -0.05) is 11.6 Å². The first-order valence-corrected chi connectivity index (χ1v) is 5.71. The third-order valence-electron chi connectivity index (χ3n) is 2.29. The fraction of sp³-hybridized carbons (Fsp3) is 0.100. The lowest BCUT2D eigenvalue weighted by atomic mass is 10.4. The zero-order valence-electron chi connectivity index (χ0n) is 9.92. The summed E-state index contributed by atoms with van der Waals surface area (Å²) < 4.78 is 24.0. The predicted octanol–water partition coefficient (Wildman–Crippen LogP) is 1.91. The van der Waals surface area contributed by atoms with Crippen LogP contribution >= 0.6 is 11.6 Å². The summed E-state index contributed by atoms with van der Waals surface area (Å²) >= 11 is 5.90. The number of anilines is 2. The van der Waals surface area contributed by atoms with Crippen LogP contribution in [0.1, 0.15) is 0 Å². The van der Waals surface area contributed by atoms with Crippen molar-refractivity contribution < 1.29 is 8.78 Å². The molecule has 2 aromatic heterocycles. The van der Waals surface area contributed by atoms with E-state index in [0.29, 0.717) is 16.1 Å². The molecule has 2 rings (SSSR count). The number of fused-ring (bicyclic) bond motifs is 1. The van der Waals surface area contributed by atoms with Gasteiger partial charge in [0.2, 0.25) is 5.95 Å². The number of nitrogens with one attached hydrogen (secondary N) is 4. The summed E-state index contributed by atoms with van der Waals surface area (Å²) in [6.07, 6.45) is 3.27. The minimum atomic E-state index is -2.73. The molecule has 20 heavy (non-hydrogen) atoms. The Labute approximate surface area is 116 Å². The lowest BCUT2D eigenvalue weighted by Gasteiger charge is -2.07. The Balaban J connectivity index is 2.29.